The minimum absolute atomic E-state index is 0.289. The van der Waals surface area contributed by atoms with Gasteiger partial charge in [0.2, 0.25) is 0 Å². The van der Waals surface area contributed by atoms with Crippen LogP contribution in [0.25, 0.3) is 0 Å². The van der Waals surface area contributed by atoms with Crippen LogP contribution in [0, 0.1) is 5.92 Å². The molecule has 0 unspecified atom stereocenters. The Morgan fingerprint density at radius 1 is 1.10 bits per heavy atom. The summed E-state index contributed by atoms with van der Waals surface area (Å²) in [6.07, 6.45) is 1.76. The van der Waals surface area contributed by atoms with Crippen LogP contribution in [0.2, 0.25) is 0 Å². The van der Waals surface area contributed by atoms with E-state index in [2.05, 4.69) is 4.18 Å². The van der Waals surface area contributed by atoms with Gasteiger partial charge < -0.3 is 4.18 Å². The van der Waals surface area contributed by atoms with Crippen LogP contribution in [-0.4, -0.2) is 19.4 Å². The van der Waals surface area contributed by atoms with Crippen LogP contribution in [0.4, 0.5) is 26.3 Å². The minimum Gasteiger partial charge on any atom is -0.380 e. The van der Waals surface area contributed by atoms with Crippen molar-refractivity contribution in [2.45, 2.75) is 36.7 Å². The van der Waals surface area contributed by atoms with Gasteiger partial charge in [-0.05, 0) is 24.6 Å². The van der Waals surface area contributed by atoms with Crippen LogP contribution in [0.3, 0.4) is 0 Å². The van der Waals surface area contributed by atoms with Crippen LogP contribution in [0.1, 0.15) is 25.7 Å². The predicted octanol–water partition coefficient (Wildman–Crippen LogP) is 4.14. The molecule has 0 saturated heterocycles. The average molecular weight is 344 g/mol. The Morgan fingerprint density at radius 3 is 2.00 bits per heavy atom. The molecule has 0 aromatic carbocycles. The second-order valence-electron chi connectivity index (χ2n) is 4.05. The molecule has 0 aromatic heterocycles. The highest BCUT2D eigenvalue weighted by atomic mass is 32.2. The molecule has 0 amide bonds. The Balaban J connectivity index is 2.94. The summed E-state index contributed by atoms with van der Waals surface area (Å²) in [6.45, 7) is 0. The van der Waals surface area contributed by atoms with E-state index < -0.39 is 44.6 Å². The SMILES string of the molecule is O=S(=O)(O/C(=C/SC(F)(F)F)C1CCCC1)C(F)(F)F. The van der Waals surface area contributed by atoms with Crippen LogP contribution < -0.4 is 0 Å². The number of hydrogen-bond acceptors (Lipinski definition) is 4. The third-order valence-electron chi connectivity index (χ3n) is 2.56. The van der Waals surface area contributed by atoms with Gasteiger partial charge in [0.15, 0.2) is 0 Å². The summed E-state index contributed by atoms with van der Waals surface area (Å²) in [5.74, 6) is -1.55. The molecule has 20 heavy (non-hydrogen) atoms. The highest BCUT2D eigenvalue weighted by molar-refractivity contribution is 8.03. The van der Waals surface area contributed by atoms with Crippen molar-refractivity contribution in [2.24, 2.45) is 5.92 Å². The smallest absolute Gasteiger partial charge is 0.380 e. The van der Waals surface area contributed by atoms with Crippen molar-refractivity contribution in [3.8, 4) is 0 Å². The Labute approximate surface area is 115 Å². The van der Waals surface area contributed by atoms with E-state index in [9.17, 15) is 34.8 Å². The van der Waals surface area contributed by atoms with Gasteiger partial charge in [0.05, 0.1) is 0 Å². The van der Waals surface area contributed by atoms with Gasteiger partial charge >= 0.3 is 21.1 Å². The summed E-state index contributed by atoms with van der Waals surface area (Å²) in [4.78, 5) is 0. The minimum atomic E-state index is -5.95. The average Bonchev–Trinajstić information content (AvgIpc) is 2.74. The third-order valence-corrected chi connectivity index (χ3v) is 4.15. The van der Waals surface area contributed by atoms with Crippen molar-refractivity contribution in [3.63, 3.8) is 0 Å². The second-order valence-corrected chi connectivity index (χ2v) is 6.52. The quantitative estimate of drug-likeness (QED) is 0.333. The van der Waals surface area contributed by atoms with E-state index in [0.717, 1.165) is 0 Å². The number of halogens is 6. The van der Waals surface area contributed by atoms with Crippen molar-refractivity contribution in [1.82, 2.24) is 0 Å². The number of thioether (sulfide) groups is 1. The van der Waals surface area contributed by atoms with Crippen molar-refractivity contribution >= 4 is 21.9 Å². The number of allylic oxidation sites excluding steroid dienone is 1. The monoisotopic (exact) mass is 344 g/mol. The molecule has 0 aromatic rings. The van der Waals surface area contributed by atoms with E-state index in [-0.39, 0.29) is 12.8 Å². The highest BCUT2D eigenvalue weighted by Crippen LogP contribution is 2.39. The summed E-state index contributed by atoms with van der Waals surface area (Å²) in [7, 11) is -5.95. The van der Waals surface area contributed by atoms with Crippen molar-refractivity contribution in [3.05, 3.63) is 11.2 Å². The van der Waals surface area contributed by atoms with Crippen LogP contribution in [0.5, 0.6) is 0 Å². The molecule has 0 atom stereocenters. The third kappa shape index (κ3) is 5.08. The maximum absolute atomic E-state index is 12.2. The molecule has 1 aliphatic rings. The normalized spacial score (nSPS) is 19.4. The molecule has 0 radical (unpaired) electrons. The zero-order valence-corrected chi connectivity index (χ0v) is 11.4. The van der Waals surface area contributed by atoms with E-state index in [1.54, 1.807) is 0 Å². The van der Waals surface area contributed by atoms with Gasteiger partial charge in [-0.3, -0.25) is 0 Å². The molecule has 0 bridgehead atoms. The molecule has 0 N–H and O–H groups in total. The first-order valence-corrected chi connectivity index (χ1v) is 7.66. The standard InChI is InChI=1S/C9H10F6O3S2/c10-8(11,12)19-5-7(6-3-1-2-4-6)18-20(16,17)9(13,14)15/h5-6H,1-4H2/b7-5+. The maximum Gasteiger partial charge on any atom is 0.534 e. The molecule has 118 valence electrons. The molecule has 11 heteroatoms. The second kappa shape index (κ2) is 6.04. The lowest BCUT2D eigenvalue weighted by Crippen LogP contribution is -2.26. The fourth-order valence-electron chi connectivity index (χ4n) is 1.69. The Bertz CT molecular complexity index is 459. The highest BCUT2D eigenvalue weighted by Gasteiger charge is 2.49. The van der Waals surface area contributed by atoms with Crippen LogP contribution in [0.15, 0.2) is 11.2 Å². The van der Waals surface area contributed by atoms with Gasteiger partial charge in [-0.25, -0.2) is 0 Å². The number of alkyl halides is 6. The molecule has 1 saturated carbocycles. The van der Waals surface area contributed by atoms with Gasteiger partial charge in [0, 0.05) is 11.3 Å². The summed E-state index contributed by atoms with van der Waals surface area (Å²) < 4.78 is 98.3. The number of hydrogen-bond donors (Lipinski definition) is 0. The molecule has 0 heterocycles. The van der Waals surface area contributed by atoms with Gasteiger partial charge in [0.1, 0.15) is 5.76 Å². The molecule has 0 aliphatic heterocycles. The zero-order chi connectivity index (χ0) is 15.6. The molecule has 1 aliphatic carbocycles. The molecule has 1 fully saturated rings. The van der Waals surface area contributed by atoms with Crippen LogP contribution >= 0.6 is 11.8 Å². The van der Waals surface area contributed by atoms with E-state index in [1.165, 1.54) is 0 Å². The Morgan fingerprint density at radius 2 is 1.60 bits per heavy atom. The summed E-state index contributed by atoms with van der Waals surface area (Å²) in [5.41, 5.74) is -10.4. The van der Waals surface area contributed by atoms with Crippen molar-refractivity contribution < 1.29 is 38.9 Å². The van der Waals surface area contributed by atoms with Gasteiger partial charge in [-0.15, -0.1) is 0 Å². The summed E-state index contributed by atoms with van der Waals surface area (Å²) in [6, 6.07) is 0. The summed E-state index contributed by atoms with van der Waals surface area (Å²) >= 11 is -0.739. The molecular weight excluding hydrogens is 334 g/mol. The first-order valence-electron chi connectivity index (χ1n) is 5.38. The van der Waals surface area contributed by atoms with Gasteiger partial charge in [-0.2, -0.15) is 34.8 Å². The van der Waals surface area contributed by atoms with E-state index in [4.69, 9.17) is 0 Å². The number of rotatable bonds is 4. The Hall–Kier alpha value is -0.580. The first kappa shape index (κ1) is 17.5. The zero-order valence-electron chi connectivity index (χ0n) is 9.79. The molecule has 0 spiro atoms. The lowest BCUT2D eigenvalue weighted by molar-refractivity contribution is -0.0526. The summed E-state index contributed by atoms with van der Waals surface area (Å²) in [5, 5.41) is 0.291. The molecular formula is C9H10F6O3S2. The van der Waals surface area contributed by atoms with E-state index in [0.29, 0.717) is 18.2 Å². The lowest BCUT2D eigenvalue weighted by atomic mass is 10.1. The molecule has 1 rings (SSSR count). The fourth-order valence-corrected chi connectivity index (χ4v) is 2.78. The van der Waals surface area contributed by atoms with Gasteiger partial charge in [0.25, 0.3) is 0 Å². The Kier molecular flexibility index (Phi) is 5.28. The molecule has 3 nitrogen and oxygen atoms in total. The van der Waals surface area contributed by atoms with Crippen LogP contribution in [-0.2, 0) is 14.3 Å². The largest absolute Gasteiger partial charge is 0.534 e. The van der Waals surface area contributed by atoms with Crippen molar-refractivity contribution in [1.29, 1.82) is 0 Å². The first-order chi connectivity index (χ1) is 8.92. The van der Waals surface area contributed by atoms with Crippen molar-refractivity contribution in [2.75, 3.05) is 0 Å². The maximum atomic E-state index is 12.2. The van der Waals surface area contributed by atoms with E-state index >= 15 is 0 Å². The lowest BCUT2D eigenvalue weighted by Gasteiger charge is -2.17. The fraction of sp³-hybridized carbons (Fsp3) is 0.778. The predicted molar refractivity (Wildman–Crippen MR) is 59.7 cm³/mol. The van der Waals surface area contributed by atoms with Gasteiger partial charge in [-0.1, -0.05) is 12.8 Å². The van der Waals surface area contributed by atoms with E-state index in [1.807, 2.05) is 0 Å². The topological polar surface area (TPSA) is 43.4 Å².